The number of hydrogen-bond donors (Lipinski definition) is 2. The summed E-state index contributed by atoms with van der Waals surface area (Å²) >= 11 is 6.91. The van der Waals surface area contributed by atoms with Gasteiger partial charge >= 0.3 is 6.18 Å². The average Bonchev–Trinajstić information content (AvgIpc) is 3.56. The Kier molecular flexibility index (Phi) is 6.30. The molecule has 1 heterocycles. The summed E-state index contributed by atoms with van der Waals surface area (Å²) in [6.07, 6.45) is -2.78. The Balaban J connectivity index is 1.52. The number of halogens is 4. The summed E-state index contributed by atoms with van der Waals surface area (Å²) in [5.74, 6) is -1.10. The topological polar surface area (TPSA) is 71.1 Å². The second-order valence-electron chi connectivity index (χ2n) is 7.27. The van der Waals surface area contributed by atoms with E-state index < -0.39 is 23.3 Å². The number of nitrogens with one attached hydrogen (secondary N) is 2. The highest BCUT2D eigenvalue weighted by Gasteiger charge is 2.34. The van der Waals surface area contributed by atoms with Crippen LogP contribution in [0, 0.1) is 0 Å². The Hall–Kier alpha value is -2.78. The molecule has 5 nitrogen and oxygen atoms in total. The van der Waals surface area contributed by atoms with E-state index in [-0.39, 0.29) is 22.7 Å². The number of rotatable bonds is 6. The third-order valence-electron chi connectivity index (χ3n) is 4.78. The Labute approximate surface area is 190 Å². The highest BCUT2D eigenvalue weighted by atomic mass is 35.5. The lowest BCUT2D eigenvalue weighted by molar-refractivity contribution is -0.137. The lowest BCUT2D eigenvalue weighted by Gasteiger charge is -2.15. The lowest BCUT2D eigenvalue weighted by Crippen LogP contribution is -2.25. The molecule has 2 N–H and O–H groups in total. The van der Waals surface area contributed by atoms with Gasteiger partial charge in [-0.05, 0) is 37.1 Å². The quantitative estimate of drug-likeness (QED) is 0.456. The summed E-state index contributed by atoms with van der Waals surface area (Å²) in [6.45, 7) is 0. The molecule has 4 rings (SSSR count). The van der Waals surface area contributed by atoms with Gasteiger partial charge in [0.2, 0.25) is 5.91 Å². The van der Waals surface area contributed by atoms with Crippen molar-refractivity contribution in [3.05, 3.63) is 64.7 Å². The molecule has 1 aliphatic carbocycles. The van der Waals surface area contributed by atoms with E-state index in [9.17, 15) is 22.8 Å². The minimum Gasteiger partial charge on any atom is -0.349 e. The van der Waals surface area contributed by atoms with Gasteiger partial charge in [-0.25, -0.2) is 4.98 Å². The first-order valence-electron chi connectivity index (χ1n) is 9.71. The van der Waals surface area contributed by atoms with Crippen molar-refractivity contribution < 1.29 is 22.8 Å². The SMILES string of the molecule is O=C(CSc1cc(C(=O)NC2CC2)c2ccccc2n1)Nc1c(Cl)cccc1C(F)(F)F. The van der Waals surface area contributed by atoms with E-state index in [1.165, 1.54) is 12.1 Å². The summed E-state index contributed by atoms with van der Waals surface area (Å²) in [5, 5.41) is 6.07. The first-order chi connectivity index (χ1) is 15.2. The van der Waals surface area contributed by atoms with E-state index in [1.54, 1.807) is 30.3 Å². The fourth-order valence-corrected chi connectivity index (χ4v) is 4.04. The first-order valence-corrected chi connectivity index (χ1v) is 11.1. The zero-order valence-corrected chi connectivity index (χ0v) is 18.1. The summed E-state index contributed by atoms with van der Waals surface area (Å²) < 4.78 is 39.7. The molecule has 0 unspecified atom stereocenters. The Morgan fingerprint density at radius 2 is 1.88 bits per heavy atom. The van der Waals surface area contributed by atoms with Crippen molar-refractivity contribution in [3.8, 4) is 0 Å². The van der Waals surface area contributed by atoms with Crippen LogP contribution in [-0.4, -0.2) is 28.6 Å². The molecule has 1 fully saturated rings. The minimum absolute atomic E-state index is 0.176. The van der Waals surface area contributed by atoms with Gasteiger partial charge in [0.25, 0.3) is 5.91 Å². The van der Waals surface area contributed by atoms with E-state index in [4.69, 9.17) is 11.6 Å². The third kappa shape index (κ3) is 5.16. The Morgan fingerprint density at radius 3 is 2.59 bits per heavy atom. The van der Waals surface area contributed by atoms with E-state index in [0.717, 1.165) is 30.7 Å². The van der Waals surface area contributed by atoms with Crippen molar-refractivity contribution in [3.63, 3.8) is 0 Å². The van der Waals surface area contributed by atoms with E-state index in [1.807, 2.05) is 0 Å². The van der Waals surface area contributed by atoms with Crippen LogP contribution in [0.15, 0.2) is 53.6 Å². The Morgan fingerprint density at radius 1 is 1.12 bits per heavy atom. The van der Waals surface area contributed by atoms with E-state index in [2.05, 4.69) is 15.6 Å². The molecular weight excluding hydrogens is 463 g/mol. The van der Waals surface area contributed by atoms with Gasteiger partial charge in [0.15, 0.2) is 0 Å². The molecule has 0 saturated heterocycles. The van der Waals surface area contributed by atoms with Crippen LogP contribution in [0.25, 0.3) is 10.9 Å². The molecule has 166 valence electrons. The second-order valence-corrected chi connectivity index (χ2v) is 8.67. The van der Waals surface area contributed by atoms with Crippen LogP contribution in [-0.2, 0) is 11.0 Å². The zero-order valence-electron chi connectivity index (χ0n) is 16.5. The molecule has 0 atom stereocenters. The summed E-state index contributed by atoms with van der Waals surface area (Å²) in [7, 11) is 0. The number of para-hydroxylation sites is 2. The van der Waals surface area contributed by atoms with Crippen LogP contribution >= 0.6 is 23.4 Å². The maximum Gasteiger partial charge on any atom is 0.418 e. The molecule has 3 aromatic rings. The number of thioether (sulfide) groups is 1. The summed E-state index contributed by atoms with van der Waals surface area (Å²) in [5.41, 5.74) is -0.477. The molecule has 10 heteroatoms. The van der Waals surface area contributed by atoms with Crippen molar-refractivity contribution in [2.24, 2.45) is 0 Å². The number of carbonyl (C=O) groups is 2. The molecule has 1 aromatic heterocycles. The molecule has 2 amide bonds. The predicted molar refractivity (Wildman–Crippen MR) is 118 cm³/mol. The molecule has 0 bridgehead atoms. The summed E-state index contributed by atoms with van der Waals surface area (Å²) in [4.78, 5) is 29.5. The van der Waals surface area contributed by atoms with Crippen molar-refractivity contribution in [1.29, 1.82) is 0 Å². The number of pyridine rings is 1. The van der Waals surface area contributed by atoms with Crippen molar-refractivity contribution >= 4 is 51.8 Å². The zero-order chi connectivity index (χ0) is 22.9. The second kappa shape index (κ2) is 8.99. The van der Waals surface area contributed by atoms with Crippen LogP contribution in [0.5, 0.6) is 0 Å². The monoisotopic (exact) mass is 479 g/mol. The number of benzene rings is 2. The minimum atomic E-state index is -4.66. The fourth-order valence-electron chi connectivity index (χ4n) is 3.11. The van der Waals surface area contributed by atoms with Gasteiger partial charge in [-0.1, -0.05) is 47.6 Å². The smallest absolute Gasteiger partial charge is 0.349 e. The first kappa shape index (κ1) is 22.4. The maximum absolute atomic E-state index is 13.2. The molecule has 0 spiro atoms. The normalized spacial score (nSPS) is 13.8. The van der Waals surface area contributed by atoms with Gasteiger partial charge in [0.05, 0.1) is 38.1 Å². The predicted octanol–water partition coefficient (Wildman–Crippen LogP) is 5.53. The molecule has 1 saturated carbocycles. The average molecular weight is 480 g/mol. The molecule has 1 aliphatic rings. The standard InChI is InChI=1S/C22H17ClF3N3O2S/c23-16-6-3-5-15(22(24,25)26)20(16)29-18(30)11-32-19-10-14(21(31)27-12-8-9-12)13-4-1-2-7-17(13)28-19/h1-7,10,12H,8-9,11H2,(H,27,31)(H,29,30). The van der Waals surface area contributed by atoms with E-state index in [0.29, 0.717) is 21.5 Å². The van der Waals surface area contributed by atoms with Crippen LogP contribution < -0.4 is 10.6 Å². The van der Waals surface area contributed by atoms with Gasteiger partial charge < -0.3 is 10.6 Å². The highest BCUT2D eigenvalue weighted by Crippen LogP contribution is 2.38. The van der Waals surface area contributed by atoms with Crippen LogP contribution in [0.4, 0.5) is 18.9 Å². The molecule has 2 aromatic carbocycles. The molecule has 0 aliphatic heterocycles. The largest absolute Gasteiger partial charge is 0.418 e. The summed E-state index contributed by atoms with van der Waals surface area (Å²) in [6, 6.07) is 12.2. The van der Waals surface area contributed by atoms with Crippen LogP contribution in [0.1, 0.15) is 28.8 Å². The number of anilines is 1. The third-order valence-corrected chi connectivity index (χ3v) is 6.01. The molecular formula is C22H17ClF3N3O2S. The molecule has 0 radical (unpaired) electrons. The fraction of sp³-hybridized carbons (Fsp3) is 0.227. The van der Waals surface area contributed by atoms with Gasteiger partial charge in [-0.3, -0.25) is 9.59 Å². The molecule has 32 heavy (non-hydrogen) atoms. The van der Waals surface area contributed by atoms with E-state index >= 15 is 0 Å². The highest BCUT2D eigenvalue weighted by molar-refractivity contribution is 7.99. The number of hydrogen-bond acceptors (Lipinski definition) is 4. The van der Waals surface area contributed by atoms with Gasteiger partial charge in [0.1, 0.15) is 0 Å². The van der Waals surface area contributed by atoms with Gasteiger partial charge in [0, 0.05) is 11.4 Å². The maximum atomic E-state index is 13.2. The number of nitrogens with zero attached hydrogens (tertiary/aromatic N) is 1. The van der Waals surface area contributed by atoms with Crippen molar-refractivity contribution in [2.75, 3.05) is 11.1 Å². The van der Waals surface area contributed by atoms with Crippen molar-refractivity contribution in [1.82, 2.24) is 10.3 Å². The number of aromatic nitrogens is 1. The number of carbonyl (C=O) groups excluding carboxylic acids is 2. The van der Waals surface area contributed by atoms with Crippen LogP contribution in [0.3, 0.4) is 0 Å². The van der Waals surface area contributed by atoms with Crippen LogP contribution in [0.2, 0.25) is 5.02 Å². The number of fused-ring (bicyclic) bond motifs is 1. The van der Waals surface area contributed by atoms with Gasteiger partial charge in [-0.2, -0.15) is 13.2 Å². The number of amides is 2. The van der Waals surface area contributed by atoms with Crippen molar-refractivity contribution in [2.45, 2.75) is 30.1 Å². The number of alkyl halides is 3. The Bertz CT molecular complexity index is 1200. The van der Waals surface area contributed by atoms with Gasteiger partial charge in [-0.15, -0.1) is 0 Å². The lowest BCUT2D eigenvalue weighted by atomic mass is 10.1.